The zero-order valence-corrected chi connectivity index (χ0v) is 14.4. The fraction of sp³-hybridized carbons (Fsp3) is 0.667. The molecule has 0 heterocycles. The lowest BCUT2D eigenvalue weighted by Crippen LogP contribution is -2.44. The van der Waals surface area contributed by atoms with E-state index in [1.807, 2.05) is 12.1 Å². The third-order valence-electron chi connectivity index (χ3n) is 5.37. The van der Waals surface area contributed by atoms with Gasteiger partial charge in [0, 0.05) is 17.6 Å². The van der Waals surface area contributed by atoms with Crippen molar-refractivity contribution in [2.45, 2.75) is 45.6 Å². The summed E-state index contributed by atoms with van der Waals surface area (Å²) in [6, 6.07) is 8.60. The van der Waals surface area contributed by atoms with Gasteiger partial charge in [-0.3, -0.25) is 4.90 Å². The van der Waals surface area contributed by atoms with E-state index >= 15 is 0 Å². The van der Waals surface area contributed by atoms with Gasteiger partial charge in [-0.15, -0.1) is 0 Å². The maximum absolute atomic E-state index is 6.15. The highest BCUT2D eigenvalue weighted by Gasteiger charge is 2.34. The Morgan fingerprint density at radius 3 is 2.38 bits per heavy atom. The van der Waals surface area contributed by atoms with Crippen LogP contribution in [0.1, 0.15) is 51.1 Å². The van der Waals surface area contributed by atoms with Crippen LogP contribution in [0.5, 0.6) is 0 Å². The third kappa shape index (κ3) is 4.21. The Morgan fingerprint density at radius 2 is 1.86 bits per heavy atom. The first-order chi connectivity index (χ1) is 9.96. The summed E-state index contributed by atoms with van der Waals surface area (Å²) in [6.45, 7) is 6.51. The van der Waals surface area contributed by atoms with Crippen LogP contribution in [0.3, 0.4) is 0 Å². The summed E-state index contributed by atoms with van der Waals surface area (Å²) in [7, 11) is 2.22. The summed E-state index contributed by atoms with van der Waals surface area (Å²) in [5, 5.41) is 0.799. The van der Waals surface area contributed by atoms with Crippen LogP contribution in [-0.4, -0.2) is 25.0 Å². The highest BCUT2D eigenvalue weighted by Crippen LogP contribution is 2.39. The van der Waals surface area contributed by atoms with E-state index in [4.69, 9.17) is 17.3 Å². The molecule has 1 aromatic rings. The fourth-order valence-corrected chi connectivity index (χ4v) is 3.59. The predicted octanol–water partition coefficient (Wildman–Crippen LogP) is 4.49. The molecule has 0 saturated heterocycles. The van der Waals surface area contributed by atoms with E-state index in [1.165, 1.54) is 31.2 Å². The number of nitrogens with two attached hydrogens (primary N) is 1. The van der Waals surface area contributed by atoms with Gasteiger partial charge in [0.2, 0.25) is 0 Å². The van der Waals surface area contributed by atoms with Crippen molar-refractivity contribution in [3.8, 4) is 0 Å². The molecular formula is C18H29ClN2. The Hall–Kier alpha value is -0.570. The molecule has 0 aromatic heterocycles. The number of rotatable bonds is 5. The maximum Gasteiger partial charge on any atom is 0.0406 e. The number of nitrogens with zero attached hydrogens (tertiary/aromatic N) is 1. The second kappa shape index (κ2) is 7.13. The van der Waals surface area contributed by atoms with Crippen LogP contribution in [0.2, 0.25) is 5.02 Å². The normalized spacial score (nSPS) is 27.8. The van der Waals surface area contributed by atoms with Crippen LogP contribution < -0.4 is 5.73 Å². The molecule has 0 spiro atoms. The first-order valence-electron chi connectivity index (χ1n) is 8.11. The van der Waals surface area contributed by atoms with Gasteiger partial charge in [0.05, 0.1) is 0 Å². The monoisotopic (exact) mass is 308 g/mol. The summed E-state index contributed by atoms with van der Waals surface area (Å²) in [5.41, 5.74) is 7.77. The van der Waals surface area contributed by atoms with Crippen molar-refractivity contribution >= 4 is 11.6 Å². The van der Waals surface area contributed by atoms with Gasteiger partial charge >= 0.3 is 0 Å². The number of hydrogen-bond donors (Lipinski definition) is 1. The molecule has 1 atom stereocenters. The Kier molecular flexibility index (Phi) is 5.70. The molecule has 1 aliphatic rings. The van der Waals surface area contributed by atoms with E-state index in [0.717, 1.165) is 24.0 Å². The number of benzene rings is 1. The largest absolute Gasteiger partial charge is 0.330 e. The molecule has 118 valence electrons. The van der Waals surface area contributed by atoms with Crippen LogP contribution >= 0.6 is 11.6 Å². The van der Waals surface area contributed by atoms with Crippen molar-refractivity contribution in [3.63, 3.8) is 0 Å². The van der Waals surface area contributed by atoms with Gasteiger partial charge < -0.3 is 5.73 Å². The van der Waals surface area contributed by atoms with E-state index in [2.05, 4.69) is 37.9 Å². The van der Waals surface area contributed by atoms with Crippen LogP contribution in [-0.2, 0) is 0 Å². The molecule has 1 aromatic carbocycles. The SMILES string of the molecule is CC1CCC(CN)(CN(C)C(C)c2ccc(Cl)cc2)CC1. The molecule has 1 aliphatic carbocycles. The lowest BCUT2D eigenvalue weighted by molar-refractivity contribution is 0.0901. The first kappa shape index (κ1) is 16.8. The van der Waals surface area contributed by atoms with Gasteiger partial charge in [0.25, 0.3) is 0 Å². The van der Waals surface area contributed by atoms with Crippen molar-refractivity contribution < 1.29 is 0 Å². The van der Waals surface area contributed by atoms with Gasteiger partial charge in [-0.05, 0) is 62.4 Å². The summed E-state index contributed by atoms with van der Waals surface area (Å²) in [6.07, 6.45) is 5.17. The minimum Gasteiger partial charge on any atom is -0.330 e. The molecule has 1 saturated carbocycles. The fourth-order valence-electron chi connectivity index (χ4n) is 3.46. The van der Waals surface area contributed by atoms with Gasteiger partial charge in [0.15, 0.2) is 0 Å². The van der Waals surface area contributed by atoms with E-state index in [0.29, 0.717) is 11.5 Å². The molecule has 2 nitrogen and oxygen atoms in total. The van der Waals surface area contributed by atoms with Gasteiger partial charge in [-0.1, -0.05) is 43.5 Å². The zero-order chi connectivity index (χ0) is 15.5. The predicted molar refractivity (Wildman–Crippen MR) is 91.6 cm³/mol. The van der Waals surface area contributed by atoms with E-state index in [1.54, 1.807) is 0 Å². The molecule has 0 radical (unpaired) electrons. The number of hydrogen-bond acceptors (Lipinski definition) is 2. The van der Waals surface area contributed by atoms with Crippen LogP contribution in [0.4, 0.5) is 0 Å². The Labute approximate surface area is 134 Å². The van der Waals surface area contributed by atoms with Crippen molar-refractivity contribution in [1.82, 2.24) is 4.90 Å². The Bertz CT molecular complexity index is 435. The molecule has 0 bridgehead atoms. The lowest BCUT2D eigenvalue weighted by atomic mass is 9.70. The van der Waals surface area contributed by atoms with Crippen LogP contribution in [0.25, 0.3) is 0 Å². The Balaban J connectivity index is 2.01. The van der Waals surface area contributed by atoms with Gasteiger partial charge in [-0.25, -0.2) is 0 Å². The van der Waals surface area contributed by atoms with Crippen LogP contribution in [0, 0.1) is 11.3 Å². The molecule has 1 unspecified atom stereocenters. The maximum atomic E-state index is 6.15. The summed E-state index contributed by atoms with van der Waals surface area (Å²) in [4.78, 5) is 2.45. The highest BCUT2D eigenvalue weighted by molar-refractivity contribution is 6.30. The molecule has 2 rings (SSSR count). The van der Waals surface area contributed by atoms with Crippen molar-refractivity contribution in [2.24, 2.45) is 17.1 Å². The molecule has 21 heavy (non-hydrogen) atoms. The molecular weight excluding hydrogens is 280 g/mol. The van der Waals surface area contributed by atoms with Gasteiger partial charge in [0.1, 0.15) is 0 Å². The standard InChI is InChI=1S/C18H29ClN2/c1-14-8-10-18(12-20,11-9-14)13-21(3)15(2)16-4-6-17(19)7-5-16/h4-7,14-15H,8-13,20H2,1-3H3. The summed E-state index contributed by atoms with van der Waals surface area (Å²) >= 11 is 5.98. The van der Waals surface area contributed by atoms with E-state index in [9.17, 15) is 0 Å². The Morgan fingerprint density at radius 1 is 1.29 bits per heavy atom. The van der Waals surface area contributed by atoms with E-state index in [-0.39, 0.29) is 0 Å². The van der Waals surface area contributed by atoms with Crippen molar-refractivity contribution in [3.05, 3.63) is 34.9 Å². The lowest BCUT2D eigenvalue weighted by Gasteiger charge is -2.42. The summed E-state index contributed by atoms with van der Waals surface area (Å²) in [5.74, 6) is 0.865. The quantitative estimate of drug-likeness (QED) is 0.868. The van der Waals surface area contributed by atoms with Crippen molar-refractivity contribution in [2.75, 3.05) is 20.1 Å². The topological polar surface area (TPSA) is 29.3 Å². The second-order valence-corrected chi connectivity index (χ2v) is 7.47. The number of halogens is 1. The van der Waals surface area contributed by atoms with Crippen molar-refractivity contribution in [1.29, 1.82) is 0 Å². The molecule has 0 aliphatic heterocycles. The first-order valence-corrected chi connectivity index (χ1v) is 8.49. The highest BCUT2D eigenvalue weighted by atomic mass is 35.5. The van der Waals surface area contributed by atoms with E-state index < -0.39 is 0 Å². The minimum absolute atomic E-state index is 0.307. The zero-order valence-electron chi connectivity index (χ0n) is 13.6. The average Bonchev–Trinajstić information content (AvgIpc) is 2.50. The third-order valence-corrected chi connectivity index (χ3v) is 5.62. The molecule has 2 N–H and O–H groups in total. The second-order valence-electron chi connectivity index (χ2n) is 7.03. The smallest absolute Gasteiger partial charge is 0.0406 e. The summed E-state index contributed by atoms with van der Waals surface area (Å²) < 4.78 is 0. The van der Waals surface area contributed by atoms with Crippen LogP contribution in [0.15, 0.2) is 24.3 Å². The molecule has 1 fully saturated rings. The molecule has 3 heteroatoms. The molecule has 0 amide bonds. The average molecular weight is 309 g/mol. The van der Waals surface area contributed by atoms with Gasteiger partial charge in [-0.2, -0.15) is 0 Å². The minimum atomic E-state index is 0.307.